The molecule has 3 aliphatic rings. The van der Waals surface area contributed by atoms with Crippen molar-refractivity contribution in [2.45, 2.75) is 50.5 Å². The van der Waals surface area contributed by atoms with Gasteiger partial charge < -0.3 is 19.9 Å². The second-order valence-corrected chi connectivity index (χ2v) is 8.38. The highest BCUT2D eigenvalue weighted by Gasteiger charge is 2.30. The van der Waals surface area contributed by atoms with E-state index in [1.165, 1.54) is 12.0 Å². The van der Waals surface area contributed by atoms with E-state index in [1.54, 1.807) is 12.1 Å². The molecule has 0 aliphatic carbocycles. The smallest absolute Gasteiger partial charge is 0.328 e. The van der Waals surface area contributed by atoms with Gasteiger partial charge in [-0.15, -0.1) is 0 Å². The molecule has 3 fully saturated rings. The normalized spacial score (nSPS) is 23.0. The second kappa shape index (κ2) is 9.95. The van der Waals surface area contributed by atoms with Crippen LogP contribution in [0.4, 0.5) is 10.5 Å². The molecule has 0 aromatic heterocycles. The largest absolute Gasteiger partial charge is 0.495 e. The summed E-state index contributed by atoms with van der Waals surface area (Å²) in [6.07, 6.45) is 3.94. The van der Waals surface area contributed by atoms with Crippen LogP contribution >= 0.6 is 0 Å². The Balaban J connectivity index is 1.40. The SMILES string of the molecule is COc1ccc(C(O)N2CCC(OC3CCNCC3)CC2)cc1N1CCC(=O)NC1=O. The van der Waals surface area contributed by atoms with E-state index in [9.17, 15) is 14.7 Å². The highest BCUT2D eigenvalue weighted by Crippen LogP contribution is 2.34. The first-order chi connectivity index (χ1) is 15.0. The number of ether oxygens (including phenoxy) is 2. The van der Waals surface area contributed by atoms with E-state index in [4.69, 9.17) is 9.47 Å². The van der Waals surface area contributed by atoms with Gasteiger partial charge in [0.1, 0.15) is 12.0 Å². The Morgan fingerprint density at radius 2 is 1.77 bits per heavy atom. The summed E-state index contributed by atoms with van der Waals surface area (Å²) in [5.41, 5.74) is 1.24. The van der Waals surface area contributed by atoms with Gasteiger partial charge in [-0.1, -0.05) is 6.07 Å². The number of methoxy groups -OCH3 is 1. The van der Waals surface area contributed by atoms with Gasteiger partial charge in [-0.2, -0.15) is 0 Å². The Morgan fingerprint density at radius 1 is 1.06 bits per heavy atom. The highest BCUT2D eigenvalue weighted by atomic mass is 16.5. The van der Waals surface area contributed by atoms with Gasteiger partial charge in [0.25, 0.3) is 0 Å². The summed E-state index contributed by atoms with van der Waals surface area (Å²) in [5, 5.41) is 16.7. The number of aliphatic hydroxyl groups is 1. The van der Waals surface area contributed by atoms with E-state index in [0.717, 1.165) is 51.9 Å². The number of piperidine rings is 2. The van der Waals surface area contributed by atoms with Crippen LogP contribution in [0.15, 0.2) is 18.2 Å². The Hall–Kier alpha value is -2.20. The zero-order chi connectivity index (χ0) is 21.8. The average Bonchev–Trinajstić information content (AvgIpc) is 2.79. The van der Waals surface area contributed by atoms with Gasteiger partial charge >= 0.3 is 6.03 Å². The Bertz CT molecular complexity index is 790. The molecule has 1 unspecified atom stereocenters. The summed E-state index contributed by atoms with van der Waals surface area (Å²) >= 11 is 0. The Kier molecular flexibility index (Phi) is 7.06. The Morgan fingerprint density at radius 3 is 2.45 bits per heavy atom. The molecule has 3 heterocycles. The minimum absolute atomic E-state index is 0.228. The maximum atomic E-state index is 12.3. The molecule has 0 radical (unpaired) electrons. The van der Waals surface area contributed by atoms with Gasteiger partial charge in [-0.25, -0.2) is 4.79 Å². The fraction of sp³-hybridized carbons (Fsp3) is 0.636. The number of nitrogens with zero attached hydrogens (tertiary/aromatic N) is 2. The van der Waals surface area contributed by atoms with Crippen LogP contribution in [0.1, 0.15) is 43.9 Å². The zero-order valence-electron chi connectivity index (χ0n) is 18.0. The molecule has 3 aliphatic heterocycles. The molecular formula is C22H32N4O5. The molecule has 0 saturated carbocycles. The fourth-order valence-corrected chi connectivity index (χ4v) is 4.54. The number of imide groups is 1. The zero-order valence-corrected chi connectivity index (χ0v) is 18.0. The summed E-state index contributed by atoms with van der Waals surface area (Å²) in [7, 11) is 1.54. The van der Waals surface area contributed by atoms with Gasteiger partial charge in [0.05, 0.1) is 25.0 Å². The summed E-state index contributed by atoms with van der Waals surface area (Å²) in [6.45, 7) is 3.81. The lowest BCUT2D eigenvalue weighted by Crippen LogP contribution is -2.49. The number of benzene rings is 1. The quantitative estimate of drug-likeness (QED) is 0.624. The molecule has 9 heteroatoms. The predicted octanol–water partition coefficient (Wildman–Crippen LogP) is 1.37. The lowest BCUT2D eigenvalue weighted by Gasteiger charge is -2.37. The van der Waals surface area contributed by atoms with Crippen LogP contribution in [0.2, 0.25) is 0 Å². The highest BCUT2D eigenvalue weighted by molar-refractivity contribution is 6.06. The molecular weight excluding hydrogens is 400 g/mol. The number of anilines is 1. The number of aliphatic hydroxyl groups excluding tert-OH is 1. The van der Waals surface area contributed by atoms with Gasteiger partial charge in [-0.05, 0) is 56.5 Å². The van der Waals surface area contributed by atoms with Gasteiger partial charge in [0.2, 0.25) is 5.91 Å². The second-order valence-electron chi connectivity index (χ2n) is 8.38. The van der Waals surface area contributed by atoms with Crippen molar-refractivity contribution < 1.29 is 24.2 Å². The molecule has 1 atom stereocenters. The molecule has 0 bridgehead atoms. The topological polar surface area (TPSA) is 103 Å². The number of hydrogen-bond donors (Lipinski definition) is 3. The Labute approximate surface area is 182 Å². The van der Waals surface area contributed by atoms with Gasteiger partial charge in [0.15, 0.2) is 0 Å². The maximum absolute atomic E-state index is 12.3. The molecule has 0 spiro atoms. The van der Waals surface area contributed by atoms with Crippen molar-refractivity contribution in [3.63, 3.8) is 0 Å². The van der Waals surface area contributed by atoms with E-state index >= 15 is 0 Å². The van der Waals surface area contributed by atoms with Crippen molar-refractivity contribution >= 4 is 17.6 Å². The number of likely N-dealkylation sites (tertiary alicyclic amines) is 1. The average molecular weight is 433 g/mol. The molecule has 3 saturated heterocycles. The monoisotopic (exact) mass is 432 g/mol. The lowest BCUT2D eigenvalue weighted by atomic mass is 10.0. The van der Waals surface area contributed by atoms with Crippen LogP contribution in [0, 0.1) is 0 Å². The van der Waals surface area contributed by atoms with Crippen LogP contribution in [0.3, 0.4) is 0 Å². The van der Waals surface area contributed by atoms with Crippen molar-refractivity contribution in [3.05, 3.63) is 23.8 Å². The third-order valence-electron chi connectivity index (χ3n) is 6.34. The number of nitrogens with one attached hydrogen (secondary N) is 2. The first kappa shape index (κ1) is 22.0. The number of urea groups is 1. The lowest BCUT2D eigenvalue weighted by molar-refractivity contribution is -0.120. The summed E-state index contributed by atoms with van der Waals surface area (Å²) in [6, 6.07) is 4.87. The van der Waals surface area contributed by atoms with Crippen molar-refractivity contribution in [2.24, 2.45) is 0 Å². The summed E-state index contributed by atoms with van der Waals surface area (Å²) in [5.74, 6) is 0.237. The van der Waals surface area contributed by atoms with Gasteiger partial charge in [-0.3, -0.25) is 19.9 Å². The molecule has 9 nitrogen and oxygen atoms in total. The van der Waals surface area contributed by atoms with E-state index < -0.39 is 12.3 Å². The maximum Gasteiger partial charge on any atom is 0.328 e. The van der Waals surface area contributed by atoms with Crippen LogP contribution in [0.25, 0.3) is 0 Å². The third-order valence-corrected chi connectivity index (χ3v) is 6.34. The molecule has 1 aromatic carbocycles. The number of carbonyl (C=O) groups is 2. The number of carbonyl (C=O) groups excluding carboxylic acids is 2. The molecule has 170 valence electrons. The fourth-order valence-electron chi connectivity index (χ4n) is 4.54. The first-order valence-electron chi connectivity index (χ1n) is 11.1. The minimum Gasteiger partial charge on any atom is -0.495 e. The van der Waals surface area contributed by atoms with E-state index in [2.05, 4.69) is 10.6 Å². The molecule has 31 heavy (non-hydrogen) atoms. The predicted molar refractivity (Wildman–Crippen MR) is 115 cm³/mol. The minimum atomic E-state index is -0.779. The number of hydrogen-bond acceptors (Lipinski definition) is 7. The standard InChI is InChI=1S/C22H32N4O5/c1-30-19-3-2-15(14-18(19)26-13-8-20(27)24-22(26)29)21(28)25-11-6-17(7-12-25)31-16-4-9-23-10-5-16/h2-3,14,16-17,21,23,28H,4-13H2,1H3,(H,24,27,29). The number of rotatable bonds is 6. The first-order valence-corrected chi connectivity index (χ1v) is 11.1. The van der Waals surface area contributed by atoms with Crippen LogP contribution < -0.4 is 20.3 Å². The van der Waals surface area contributed by atoms with Gasteiger partial charge in [0, 0.05) is 26.1 Å². The van der Waals surface area contributed by atoms with Crippen molar-refractivity contribution in [1.82, 2.24) is 15.5 Å². The van der Waals surface area contributed by atoms with Crippen LogP contribution in [-0.2, 0) is 9.53 Å². The van der Waals surface area contributed by atoms with E-state index in [0.29, 0.717) is 23.1 Å². The van der Waals surface area contributed by atoms with E-state index in [-0.39, 0.29) is 25.0 Å². The molecule has 4 rings (SSSR count). The van der Waals surface area contributed by atoms with E-state index in [1.807, 2.05) is 11.0 Å². The third kappa shape index (κ3) is 5.17. The van der Waals surface area contributed by atoms with Crippen LogP contribution in [-0.4, -0.2) is 74.0 Å². The number of amides is 3. The summed E-state index contributed by atoms with van der Waals surface area (Å²) < 4.78 is 11.7. The van der Waals surface area contributed by atoms with Crippen LogP contribution in [0.5, 0.6) is 5.75 Å². The molecule has 3 amide bonds. The van der Waals surface area contributed by atoms with Crippen molar-refractivity contribution in [2.75, 3.05) is 44.7 Å². The summed E-state index contributed by atoms with van der Waals surface area (Å²) in [4.78, 5) is 27.3. The van der Waals surface area contributed by atoms with Crippen molar-refractivity contribution in [1.29, 1.82) is 0 Å². The molecule has 3 N–H and O–H groups in total. The van der Waals surface area contributed by atoms with Crippen molar-refractivity contribution in [3.8, 4) is 5.75 Å². The molecule has 1 aromatic rings.